The zero-order valence-corrected chi connectivity index (χ0v) is 12.2. The Labute approximate surface area is 115 Å². The molecule has 1 atom stereocenters. The predicted molar refractivity (Wildman–Crippen MR) is 74.7 cm³/mol. The van der Waals surface area contributed by atoms with E-state index in [1.807, 2.05) is 20.8 Å². The molecule has 0 saturated heterocycles. The average Bonchev–Trinajstić information content (AvgIpc) is 2.20. The number of hydrogen-bond acceptors (Lipinski definition) is 2. The van der Waals surface area contributed by atoms with Gasteiger partial charge in [-0.1, -0.05) is 20.8 Å². The van der Waals surface area contributed by atoms with Crippen LogP contribution in [0.4, 0.5) is 4.79 Å². The summed E-state index contributed by atoms with van der Waals surface area (Å²) in [4.78, 5) is 22.4. The van der Waals surface area contributed by atoms with Crippen LogP contribution in [0.2, 0.25) is 0 Å². The number of carbonyl (C=O) groups is 2. The molecule has 0 aromatic carbocycles. The minimum absolute atomic E-state index is 0.0406. The highest BCUT2D eigenvalue weighted by Gasteiger charge is 2.22. The first-order chi connectivity index (χ1) is 8.74. The maximum atomic E-state index is 11.6. The van der Waals surface area contributed by atoms with Crippen molar-refractivity contribution in [1.29, 1.82) is 0 Å². The van der Waals surface area contributed by atoms with E-state index in [-0.39, 0.29) is 23.9 Å². The van der Waals surface area contributed by atoms with E-state index in [9.17, 15) is 9.59 Å². The van der Waals surface area contributed by atoms with Crippen LogP contribution in [-0.2, 0) is 4.79 Å². The van der Waals surface area contributed by atoms with Gasteiger partial charge in [0, 0.05) is 19.0 Å². The van der Waals surface area contributed by atoms with Gasteiger partial charge in [0.25, 0.3) is 0 Å². The lowest BCUT2D eigenvalue weighted by Gasteiger charge is -2.25. The van der Waals surface area contributed by atoms with Gasteiger partial charge in [0.05, 0.1) is 6.42 Å². The Bertz CT molecular complexity index is 361. The molecule has 1 unspecified atom stereocenters. The lowest BCUT2D eigenvalue weighted by molar-refractivity contribution is -0.137. The number of carboxylic acids is 1. The van der Waals surface area contributed by atoms with Crippen LogP contribution in [-0.4, -0.2) is 29.7 Å². The van der Waals surface area contributed by atoms with Gasteiger partial charge in [-0.15, -0.1) is 11.8 Å². The number of urea groups is 1. The minimum atomic E-state index is -0.911. The molecule has 0 aromatic rings. The van der Waals surface area contributed by atoms with Crippen LogP contribution >= 0.6 is 0 Å². The molecule has 0 aliphatic heterocycles. The van der Waals surface area contributed by atoms with Gasteiger partial charge in [-0.2, -0.15) is 0 Å². The van der Waals surface area contributed by atoms with Gasteiger partial charge in [-0.05, 0) is 18.8 Å². The number of amides is 2. The van der Waals surface area contributed by atoms with Crippen molar-refractivity contribution in [3.63, 3.8) is 0 Å². The third-order valence-corrected chi connectivity index (χ3v) is 2.33. The molecule has 0 fully saturated rings. The summed E-state index contributed by atoms with van der Waals surface area (Å²) in [5.41, 5.74) is -0.0406. The smallest absolute Gasteiger partial charge is 0.315 e. The highest BCUT2D eigenvalue weighted by atomic mass is 16.4. The molecular formula is C14H24N2O3. The second-order valence-corrected chi connectivity index (χ2v) is 5.64. The largest absolute Gasteiger partial charge is 0.481 e. The summed E-state index contributed by atoms with van der Waals surface area (Å²) in [5, 5.41) is 14.2. The quantitative estimate of drug-likeness (QED) is 0.509. The summed E-state index contributed by atoms with van der Waals surface area (Å²) in [6.45, 7) is 8.24. The molecule has 3 N–H and O–H groups in total. The Hall–Kier alpha value is -1.70. The summed E-state index contributed by atoms with van der Waals surface area (Å²) >= 11 is 0. The number of hydrogen-bond donors (Lipinski definition) is 3. The molecule has 0 spiro atoms. The van der Waals surface area contributed by atoms with Gasteiger partial charge >= 0.3 is 12.0 Å². The molecule has 0 rings (SSSR count). The van der Waals surface area contributed by atoms with E-state index >= 15 is 0 Å². The number of nitrogens with one attached hydrogen (secondary N) is 2. The van der Waals surface area contributed by atoms with Crippen molar-refractivity contribution in [2.24, 2.45) is 5.41 Å². The minimum Gasteiger partial charge on any atom is -0.481 e. The summed E-state index contributed by atoms with van der Waals surface area (Å²) in [6, 6.07) is -0.705. The van der Waals surface area contributed by atoms with Crippen LogP contribution in [0.5, 0.6) is 0 Å². The summed E-state index contributed by atoms with van der Waals surface area (Å²) < 4.78 is 0. The first kappa shape index (κ1) is 17.3. The van der Waals surface area contributed by atoms with Crippen LogP contribution in [0.25, 0.3) is 0 Å². The Balaban J connectivity index is 4.25. The van der Waals surface area contributed by atoms with Gasteiger partial charge in [-0.25, -0.2) is 4.79 Å². The maximum absolute atomic E-state index is 11.6. The van der Waals surface area contributed by atoms with Crippen molar-refractivity contribution < 1.29 is 14.7 Å². The van der Waals surface area contributed by atoms with Crippen LogP contribution in [0, 0.1) is 17.3 Å². The molecule has 0 aliphatic rings. The van der Waals surface area contributed by atoms with Gasteiger partial charge in [0.1, 0.15) is 0 Å². The van der Waals surface area contributed by atoms with Crippen molar-refractivity contribution in [3.8, 4) is 11.8 Å². The molecule has 0 aromatic heterocycles. The first-order valence-corrected chi connectivity index (χ1v) is 6.40. The SMILES string of the molecule is CC#CCCNC(=O)NC(CC(=O)O)CC(C)(C)C. The molecule has 19 heavy (non-hydrogen) atoms. The molecule has 2 amide bonds. The van der Waals surface area contributed by atoms with Gasteiger partial charge in [-0.3, -0.25) is 4.79 Å². The van der Waals surface area contributed by atoms with E-state index in [1.165, 1.54) is 0 Å². The fraction of sp³-hybridized carbons (Fsp3) is 0.714. The zero-order valence-electron chi connectivity index (χ0n) is 12.2. The van der Waals surface area contributed by atoms with E-state index in [4.69, 9.17) is 5.11 Å². The van der Waals surface area contributed by atoms with Crippen molar-refractivity contribution in [1.82, 2.24) is 10.6 Å². The normalized spacial score (nSPS) is 12.0. The Morgan fingerprint density at radius 3 is 2.42 bits per heavy atom. The lowest BCUT2D eigenvalue weighted by Crippen LogP contribution is -2.44. The second-order valence-electron chi connectivity index (χ2n) is 5.64. The van der Waals surface area contributed by atoms with Crippen molar-refractivity contribution in [2.45, 2.75) is 53.0 Å². The molecule has 0 aliphatic carbocycles. The number of carboxylic acid groups (broad SMARTS) is 1. The van der Waals surface area contributed by atoms with Crippen LogP contribution in [0.15, 0.2) is 0 Å². The van der Waals surface area contributed by atoms with Crippen LogP contribution in [0.3, 0.4) is 0 Å². The fourth-order valence-corrected chi connectivity index (χ4v) is 1.72. The van der Waals surface area contributed by atoms with E-state index in [0.717, 1.165) is 0 Å². The number of aliphatic carboxylic acids is 1. The monoisotopic (exact) mass is 268 g/mol. The van der Waals surface area contributed by atoms with Gasteiger partial charge < -0.3 is 15.7 Å². The summed E-state index contributed by atoms with van der Waals surface area (Å²) in [7, 11) is 0. The molecule has 0 heterocycles. The number of carbonyl (C=O) groups excluding carboxylic acids is 1. The Kier molecular flexibility index (Phi) is 7.66. The van der Waals surface area contributed by atoms with Crippen LogP contribution < -0.4 is 10.6 Å². The fourth-order valence-electron chi connectivity index (χ4n) is 1.72. The highest BCUT2D eigenvalue weighted by molar-refractivity contribution is 5.75. The van der Waals surface area contributed by atoms with Crippen molar-refractivity contribution in [3.05, 3.63) is 0 Å². The topological polar surface area (TPSA) is 78.4 Å². The lowest BCUT2D eigenvalue weighted by atomic mass is 9.87. The van der Waals surface area contributed by atoms with E-state index in [1.54, 1.807) is 6.92 Å². The standard InChI is InChI=1S/C14H24N2O3/c1-5-6-7-8-15-13(19)16-11(9-12(17)18)10-14(2,3)4/h11H,7-10H2,1-4H3,(H,17,18)(H2,15,16,19). The van der Waals surface area contributed by atoms with Crippen molar-refractivity contribution in [2.75, 3.05) is 6.54 Å². The maximum Gasteiger partial charge on any atom is 0.315 e. The van der Waals surface area contributed by atoms with E-state index in [0.29, 0.717) is 19.4 Å². The van der Waals surface area contributed by atoms with E-state index < -0.39 is 5.97 Å². The third-order valence-electron chi connectivity index (χ3n) is 2.33. The first-order valence-electron chi connectivity index (χ1n) is 6.40. The molecule has 5 nitrogen and oxygen atoms in total. The predicted octanol–water partition coefficient (Wildman–Crippen LogP) is 1.98. The van der Waals surface area contributed by atoms with Gasteiger partial charge in [0.2, 0.25) is 0 Å². The van der Waals surface area contributed by atoms with E-state index in [2.05, 4.69) is 22.5 Å². The van der Waals surface area contributed by atoms with Crippen molar-refractivity contribution >= 4 is 12.0 Å². The molecule has 0 bridgehead atoms. The Morgan fingerprint density at radius 2 is 1.95 bits per heavy atom. The third kappa shape index (κ3) is 11.1. The summed E-state index contributed by atoms with van der Waals surface area (Å²) in [5.74, 6) is 4.67. The van der Waals surface area contributed by atoms with Crippen LogP contribution in [0.1, 0.15) is 47.0 Å². The van der Waals surface area contributed by atoms with Gasteiger partial charge in [0.15, 0.2) is 0 Å². The molecular weight excluding hydrogens is 244 g/mol. The summed E-state index contributed by atoms with van der Waals surface area (Å²) in [6.07, 6.45) is 1.13. The Morgan fingerprint density at radius 1 is 1.32 bits per heavy atom. The number of rotatable bonds is 6. The second kappa shape index (κ2) is 8.41. The molecule has 108 valence electrons. The molecule has 0 radical (unpaired) electrons. The highest BCUT2D eigenvalue weighted by Crippen LogP contribution is 2.22. The molecule has 5 heteroatoms. The zero-order chi connectivity index (χ0) is 14.9. The average molecular weight is 268 g/mol. The molecule has 0 saturated carbocycles.